The lowest BCUT2D eigenvalue weighted by atomic mass is 9.95. The van der Waals surface area contributed by atoms with Crippen molar-refractivity contribution in [2.45, 2.75) is 17.0 Å². The highest BCUT2D eigenvalue weighted by atomic mass is 32.2. The molecule has 3 aromatic carbocycles. The largest absolute Gasteiger partial charge is 0.322 e. The maximum Gasteiger partial charge on any atom is 0.246 e. The Morgan fingerprint density at radius 2 is 1.23 bits per heavy atom. The number of hydrogen-bond donors (Lipinski definition) is 4. The molecule has 164 valence electrons. The molecule has 0 amide bonds. The van der Waals surface area contributed by atoms with Crippen LogP contribution in [0.3, 0.4) is 0 Å². The summed E-state index contributed by atoms with van der Waals surface area (Å²) >= 11 is 0. The van der Waals surface area contributed by atoms with E-state index < -0.39 is 56.0 Å². The van der Waals surface area contributed by atoms with E-state index in [1.807, 2.05) is 0 Å². The average molecular weight is 454 g/mol. The van der Waals surface area contributed by atoms with Crippen LogP contribution in [0.15, 0.2) is 65.6 Å². The summed E-state index contributed by atoms with van der Waals surface area (Å²) in [5.74, 6) is -3.54. The average Bonchev–Trinajstić information content (AvgIpc) is 2.78. The van der Waals surface area contributed by atoms with Gasteiger partial charge < -0.3 is 11.2 Å². The van der Waals surface area contributed by atoms with Crippen molar-refractivity contribution >= 4 is 15.7 Å². The fourth-order valence-electron chi connectivity index (χ4n) is 3.10. The lowest BCUT2D eigenvalue weighted by molar-refractivity contribution is 0.397. The molecule has 0 heterocycles. The Morgan fingerprint density at radius 3 is 1.74 bits per heavy atom. The van der Waals surface area contributed by atoms with E-state index in [0.29, 0.717) is 11.1 Å². The van der Waals surface area contributed by atoms with Gasteiger partial charge in [0.25, 0.3) is 0 Å². The van der Waals surface area contributed by atoms with E-state index in [4.69, 9.17) is 11.6 Å². The summed E-state index contributed by atoms with van der Waals surface area (Å²) in [7, 11) is -4.99. The molecular formula is C20H18F4N4O2S. The van der Waals surface area contributed by atoms with E-state index in [1.54, 1.807) is 66.1 Å². The predicted octanol–water partition coefficient (Wildman–Crippen LogP) is 3.25. The van der Waals surface area contributed by atoms with Crippen LogP contribution in [0.25, 0.3) is 0 Å². The number of halogens is 4. The molecular weight excluding hydrogens is 436 g/mol. The number of nitrogens with two attached hydrogens (primary N) is 2. The van der Waals surface area contributed by atoms with Gasteiger partial charge in [0.05, 0.1) is 12.1 Å². The number of hydrazine groups is 1. The van der Waals surface area contributed by atoms with Crippen LogP contribution in [-0.2, 0) is 10.0 Å². The topological polar surface area (TPSA) is 110 Å². The van der Waals surface area contributed by atoms with Gasteiger partial charge in [-0.2, -0.15) is 0 Å². The normalized spacial score (nSPS) is 13.6. The Hall–Kier alpha value is -2.99. The molecule has 0 aromatic heterocycles. The number of sulfonamides is 1. The summed E-state index contributed by atoms with van der Waals surface area (Å²) in [5.41, 5.74) is 7.53. The van der Waals surface area contributed by atoms with E-state index in [1.165, 1.54) is 0 Å². The fraction of sp³-hybridized carbons (Fsp3) is 0.100. The van der Waals surface area contributed by atoms with Crippen molar-refractivity contribution < 1.29 is 26.0 Å². The first-order valence-electron chi connectivity index (χ1n) is 8.89. The van der Waals surface area contributed by atoms with Crippen molar-refractivity contribution in [3.8, 4) is 0 Å². The summed E-state index contributed by atoms with van der Waals surface area (Å²) in [5, 5.41) is 0. The van der Waals surface area contributed by atoms with Crippen LogP contribution in [-0.4, -0.2) is 8.42 Å². The number of nitrogen functional groups attached to an aromatic ring is 1. The predicted molar refractivity (Wildman–Crippen MR) is 107 cm³/mol. The molecule has 0 saturated carbocycles. The minimum Gasteiger partial charge on any atom is -0.322 e. The summed E-state index contributed by atoms with van der Waals surface area (Å²) in [6.45, 7) is 0. The van der Waals surface area contributed by atoms with E-state index in [2.05, 4.69) is 4.72 Å². The lowest BCUT2D eigenvalue weighted by Gasteiger charge is -2.26. The molecule has 0 aliphatic heterocycles. The van der Waals surface area contributed by atoms with Gasteiger partial charge in [-0.25, -0.2) is 30.7 Å². The second kappa shape index (κ2) is 9.02. The van der Waals surface area contributed by atoms with Crippen molar-refractivity contribution in [1.29, 1.82) is 0 Å². The molecule has 0 aliphatic carbocycles. The third-order valence-corrected chi connectivity index (χ3v) is 6.11. The quantitative estimate of drug-likeness (QED) is 0.144. The van der Waals surface area contributed by atoms with Gasteiger partial charge in [0, 0.05) is 0 Å². The molecule has 0 aliphatic rings. The molecule has 0 radical (unpaired) electrons. The van der Waals surface area contributed by atoms with E-state index in [-0.39, 0.29) is 0 Å². The standard InChI is InChI=1S/C20H18F4N4O2S/c21-13-14(22)16(24)20(19(27-26)15(13)23)31(29,30)28-18(12-9-5-2-6-10-12)17(25)11-7-3-1-4-8-11/h1-10,17-18,27-28H,25-26H2/t17-,18-/m0/s1. The van der Waals surface area contributed by atoms with Crippen LogP contribution in [0.1, 0.15) is 23.2 Å². The number of nitrogens with one attached hydrogen (secondary N) is 2. The van der Waals surface area contributed by atoms with Crippen molar-refractivity contribution in [3.05, 3.63) is 95.1 Å². The first kappa shape index (κ1) is 22.7. The molecule has 3 rings (SSSR count). The Labute approximate surface area is 175 Å². The van der Waals surface area contributed by atoms with Gasteiger partial charge in [0.2, 0.25) is 10.0 Å². The Balaban J connectivity index is 2.14. The highest BCUT2D eigenvalue weighted by Gasteiger charge is 2.36. The Bertz CT molecular complexity index is 1180. The molecule has 2 atom stereocenters. The van der Waals surface area contributed by atoms with Gasteiger partial charge in [0.1, 0.15) is 10.6 Å². The van der Waals surface area contributed by atoms with Gasteiger partial charge >= 0.3 is 0 Å². The molecule has 0 fully saturated rings. The number of rotatable bonds is 7. The van der Waals surface area contributed by atoms with E-state index >= 15 is 0 Å². The Kier molecular flexibility index (Phi) is 6.60. The fourth-order valence-corrected chi connectivity index (χ4v) is 4.57. The first-order valence-corrected chi connectivity index (χ1v) is 10.4. The van der Waals surface area contributed by atoms with Crippen molar-refractivity contribution in [2.24, 2.45) is 11.6 Å². The maximum absolute atomic E-state index is 14.4. The summed E-state index contributed by atoms with van der Waals surface area (Å²) in [6.07, 6.45) is 0. The van der Waals surface area contributed by atoms with Gasteiger partial charge in [-0.1, -0.05) is 60.7 Å². The number of anilines is 1. The summed E-state index contributed by atoms with van der Waals surface area (Å²) in [6, 6.07) is 14.3. The zero-order chi connectivity index (χ0) is 22.8. The number of hydrogen-bond acceptors (Lipinski definition) is 5. The van der Waals surface area contributed by atoms with Crippen molar-refractivity contribution in [3.63, 3.8) is 0 Å². The Morgan fingerprint density at radius 1 is 0.742 bits per heavy atom. The maximum atomic E-state index is 14.4. The van der Waals surface area contributed by atoms with Gasteiger partial charge in [-0.3, -0.25) is 5.84 Å². The zero-order valence-corrected chi connectivity index (χ0v) is 16.6. The molecule has 31 heavy (non-hydrogen) atoms. The second-order valence-corrected chi connectivity index (χ2v) is 8.20. The minimum absolute atomic E-state index is 0.396. The van der Waals surface area contributed by atoms with Gasteiger partial charge in [-0.15, -0.1) is 0 Å². The van der Waals surface area contributed by atoms with Crippen LogP contribution in [0.2, 0.25) is 0 Å². The summed E-state index contributed by atoms with van der Waals surface area (Å²) < 4.78 is 84.1. The summed E-state index contributed by atoms with van der Waals surface area (Å²) in [4.78, 5) is -1.51. The smallest absolute Gasteiger partial charge is 0.246 e. The third-order valence-electron chi connectivity index (χ3n) is 4.62. The third kappa shape index (κ3) is 4.39. The number of benzene rings is 3. The molecule has 0 saturated heterocycles. The van der Waals surface area contributed by atoms with Crippen molar-refractivity contribution in [1.82, 2.24) is 4.72 Å². The molecule has 3 aromatic rings. The van der Waals surface area contributed by atoms with E-state index in [9.17, 15) is 26.0 Å². The van der Waals surface area contributed by atoms with Crippen LogP contribution >= 0.6 is 0 Å². The zero-order valence-electron chi connectivity index (χ0n) is 15.8. The SMILES string of the molecule is NNc1c(F)c(F)c(F)c(F)c1S(=O)(=O)N[C@@H](c1ccccc1)[C@@H](N)c1ccccc1. The molecule has 0 unspecified atom stereocenters. The van der Waals surface area contributed by atoms with Crippen LogP contribution in [0.5, 0.6) is 0 Å². The van der Waals surface area contributed by atoms with Crippen molar-refractivity contribution in [2.75, 3.05) is 5.43 Å². The minimum atomic E-state index is -4.99. The second-order valence-electron chi connectivity index (χ2n) is 6.55. The van der Waals surface area contributed by atoms with Crippen LogP contribution in [0, 0.1) is 23.3 Å². The molecule has 0 bridgehead atoms. The highest BCUT2D eigenvalue weighted by Crippen LogP contribution is 2.34. The van der Waals surface area contributed by atoms with Crippen LogP contribution < -0.4 is 21.7 Å². The lowest BCUT2D eigenvalue weighted by Crippen LogP contribution is -2.37. The highest BCUT2D eigenvalue weighted by molar-refractivity contribution is 7.89. The monoisotopic (exact) mass is 454 g/mol. The molecule has 6 N–H and O–H groups in total. The molecule has 6 nitrogen and oxygen atoms in total. The first-order chi connectivity index (χ1) is 14.7. The molecule has 11 heteroatoms. The van der Waals surface area contributed by atoms with Gasteiger partial charge in [0.15, 0.2) is 23.3 Å². The molecule has 0 spiro atoms. The van der Waals surface area contributed by atoms with Gasteiger partial charge in [-0.05, 0) is 11.1 Å². The van der Waals surface area contributed by atoms with E-state index in [0.717, 1.165) is 0 Å². The van der Waals surface area contributed by atoms with Crippen LogP contribution in [0.4, 0.5) is 23.2 Å².